The van der Waals surface area contributed by atoms with E-state index < -0.39 is 0 Å². The fourth-order valence-corrected chi connectivity index (χ4v) is 3.35. The Kier molecular flexibility index (Phi) is 6.30. The Balaban J connectivity index is 1.74. The number of benzene rings is 1. The van der Waals surface area contributed by atoms with Crippen molar-refractivity contribution in [2.75, 3.05) is 11.1 Å². The Labute approximate surface area is 170 Å². The van der Waals surface area contributed by atoms with Crippen molar-refractivity contribution >= 4 is 46.6 Å². The van der Waals surface area contributed by atoms with E-state index in [4.69, 9.17) is 23.2 Å². The molecule has 0 bridgehead atoms. The molecule has 0 saturated heterocycles. The van der Waals surface area contributed by atoms with Gasteiger partial charge in [0.15, 0.2) is 0 Å². The number of carbonyl (C=O) groups is 1. The zero-order chi connectivity index (χ0) is 19.2. The van der Waals surface area contributed by atoms with Gasteiger partial charge >= 0.3 is 0 Å². The first kappa shape index (κ1) is 19.2. The highest BCUT2D eigenvalue weighted by Gasteiger charge is 2.12. The number of amides is 1. The van der Waals surface area contributed by atoms with Gasteiger partial charge in [0.05, 0.1) is 32.7 Å². The summed E-state index contributed by atoms with van der Waals surface area (Å²) in [4.78, 5) is 20.8. The maximum Gasteiger partial charge on any atom is 0.234 e. The van der Waals surface area contributed by atoms with Crippen LogP contribution in [0.4, 0.5) is 5.69 Å². The summed E-state index contributed by atoms with van der Waals surface area (Å²) in [5.41, 5.74) is 2.36. The summed E-state index contributed by atoms with van der Waals surface area (Å²) in [7, 11) is 0. The van der Waals surface area contributed by atoms with Gasteiger partial charge in [-0.15, -0.1) is 0 Å². The summed E-state index contributed by atoms with van der Waals surface area (Å²) >= 11 is 13.2. The molecule has 0 fully saturated rings. The number of nitrogens with zero attached hydrogens (tertiary/aromatic N) is 3. The van der Waals surface area contributed by atoms with Gasteiger partial charge in [-0.2, -0.15) is 5.26 Å². The van der Waals surface area contributed by atoms with Gasteiger partial charge in [-0.25, -0.2) is 4.98 Å². The topological polar surface area (TPSA) is 78.7 Å². The van der Waals surface area contributed by atoms with Crippen molar-refractivity contribution in [3.63, 3.8) is 0 Å². The summed E-state index contributed by atoms with van der Waals surface area (Å²) in [5.74, 6) is -0.206. The van der Waals surface area contributed by atoms with Gasteiger partial charge in [0, 0.05) is 18.0 Å². The van der Waals surface area contributed by atoms with E-state index in [1.54, 1.807) is 42.7 Å². The van der Waals surface area contributed by atoms with Crippen LogP contribution in [0.1, 0.15) is 5.56 Å². The maximum absolute atomic E-state index is 12.2. The van der Waals surface area contributed by atoms with Crippen LogP contribution in [-0.2, 0) is 4.79 Å². The van der Waals surface area contributed by atoms with E-state index in [2.05, 4.69) is 21.4 Å². The fraction of sp³-hybridized carbons (Fsp3) is 0.0526. The van der Waals surface area contributed by atoms with Crippen molar-refractivity contribution in [1.29, 1.82) is 5.26 Å². The molecule has 0 saturated carbocycles. The highest BCUT2D eigenvalue weighted by atomic mass is 35.5. The number of nitriles is 1. The largest absolute Gasteiger partial charge is 0.324 e. The lowest BCUT2D eigenvalue weighted by atomic mass is 10.2. The zero-order valence-corrected chi connectivity index (χ0v) is 16.1. The Hall–Kier alpha value is -2.59. The van der Waals surface area contributed by atoms with Crippen LogP contribution in [0.3, 0.4) is 0 Å². The number of nitrogens with one attached hydrogen (secondary N) is 1. The summed E-state index contributed by atoms with van der Waals surface area (Å²) in [6.07, 6.45) is 3.37. The lowest BCUT2D eigenvalue weighted by molar-refractivity contribution is -0.113. The van der Waals surface area contributed by atoms with E-state index in [1.165, 1.54) is 11.8 Å². The van der Waals surface area contributed by atoms with Crippen LogP contribution in [0.25, 0.3) is 11.3 Å². The predicted molar refractivity (Wildman–Crippen MR) is 108 cm³/mol. The minimum atomic E-state index is -0.276. The Bertz CT molecular complexity index is 1020. The molecule has 3 aromatic rings. The second-order valence-electron chi connectivity index (χ2n) is 5.34. The molecule has 2 heterocycles. The third kappa shape index (κ3) is 4.77. The van der Waals surface area contributed by atoms with Crippen molar-refractivity contribution in [2.45, 2.75) is 5.03 Å². The molecule has 0 spiro atoms. The quantitative estimate of drug-likeness (QED) is 0.590. The molecule has 3 rings (SSSR count). The van der Waals surface area contributed by atoms with E-state index >= 15 is 0 Å². The highest BCUT2D eigenvalue weighted by Crippen LogP contribution is 2.30. The Morgan fingerprint density at radius 2 is 2.04 bits per heavy atom. The number of aromatic nitrogens is 2. The van der Waals surface area contributed by atoms with Gasteiger partial charge in [0.25, 0.3) is 0 Å². The molecule has 1 N–H and O–H groups in total. The van der Waals surface area contributed by atoms with Crippen LogP contribution < -0.4 is 5.32 Å². The summed E-state index contributed by atoms with van der Waals surface area (Å²) in [6, 6.07) is 14.2. The van der Waals surface area contributed by atoms with E-state index in [0.717, 1.165) is 5.56 Å². The summed E-state index contributed by atoms with van der Waals surface area (Å²) in [5, 5.41) is 13.1. The van der Waals surface area contributed by atoms with Gasteiger partial charge in [-0.1, -0.05) is 41.0 Å². The SMILES string of the molecule is N#Cc1ccc(-c2cccnc2)nc1SCC(=O)Nc1cccc(Cl)c1Cl. The standard InChI is InChI=1S/C19H12Cl2N4OS/c20-14-4-1-5-16(18(14)21)24-17(26)11-27-19-12(9-22)6-7-15(25-19)13-3-2-8-23-10-13/h1-8,10H,11H2,(H,24,26). The molecule has 0 aliphatic heterocycles. The van der Waals surface area contributed by atoms with Crippen LogP contribution in [-0.4, -0.2) is 21.6 Å². The number of anilines is 1. The molecule has 0 aliphatic carbocycles. The molecular weight excluding hydrogens is 403 g/mol. The molecule has 8 heteroatoms. The average molecular weight is 415 g/mol. The first-order chi connectivity index (χ1) is 13.1. The normalized spacial score (nSPS) is 10.3. The molecule has 0 radical (unpaired) electrons. The number of rotatable bonds is 5. The Morgan fingerprint density at radius 3 is 2.78 bits per heavy atom. The second-order valence-corrected chi connectivity index (χ2v) is 7.09. The molecule has 1 amide bonds. The van der Waals surface area contributed by atoms with E-state index in [1.807, 2.05) is 12.1 Å². The van der Waals surface area contributed by atoms with Gasteiger partial charge in [-0.05, 0) is 36.4 Å². The highest BCUT2D eigenvalue weighted by molar-refractivity contribution is 8.00. The molecule has 0 unspecified atom stereocenters. The molecule has 1 aromatic carbocycles. The van der Waals surface area contributed by atoms with Crippen molar-refractivity contribution in [1.82, 2.24) is 9.97 Å². The first-order valence-corrected chi connectivity index (χ1v) is 9.51. The summed E-state index contributed by atoms with van der Waals surface area (Å²) < 4.78 is 0. The third-order valence-corrected chi connectivity index (χ3v) is 5.31. The predicted octanol–water partition coefficient (Wildman–Crippen LogP) is 5.05. The van der Waals surface area contributed by atoms with Gasteiger partial charge in [0.1, 0.15) is 11.1 Å². The molecule has 5 nitrogen and oxygen atoms in total. The number of carbonyl (C=O) groups excluding carboxylic acids is 1. The smallest absolute Gasteiger partial charge is 0.234 e. The second kappa shape index (κ2) is 8.87. The van der Waals surface area contributed by atoms with Gasteiger partial charge in [-0.3, -0.25) is 9.78 Å². The van der Waals surface area contributed by atoms with Crippen LogP contribution in [0.2, 0.25) is 10.0 Å². The summed E-state index contributed by atoms with van der Waals surface area (Å²) in [6.45, 7) is 0. The van der Waals surface area contributed by atoms with Crippen LogP contribution in [0.5, 0.6) is 0 Å². The number of hydrogen-bond donors (Lipinski definition) is 1. The minimum Gasteiger partial charge on any atom is -0.324 e. The number of hydrogen-bond acceptors (Lipinski definition) is 5. The van der Waals surface area contributed by atoms with Gasteiger partial charge < -0.3 is 5.32 Å². The Morgan fingerprint density at radius 1 is 1.19 bits per heavy atom. The first-order valence-electron chi connectivity index (χ1n) is 7.76. The average Bonchev–Trinajstić information content (AvgIpc) is 2.70. The number of thioether (sulfide) groups is 1. The minimum absolute atomic E-state index is 0.0705. The van der Waals surface area contributed by atoms with E-state index in [9.17, 15) is 10.1 Å². The molecule has 134 valence electrons. The van der Waals surface area contributed by atoms with Crippen molar-refractivity contribution in [3.8, 4) is 17.3 Å². The molecular formula is C19H12Cl2N4OS. The van der Waals surface area contributed by atoms with Crippen molar-refractivity contribution in [3.05, 3.63) is 70.5 Å². The van der Waals surface area contributed by atoms with E-state index in [-0.39, 0.29) is 16.7 Å². The molecule has 0 aliphatic rings. The number of pyridine rings is 2. The van der Waals surface area contributed by atoms with Crippen LogP contribution in [0.15, 0.2) is 59.9 Å². The van der Waals surface area contributed by atoms with Gasteiger partial charge in [0.2, 0.25) is 5.91 Å². The van der Waals surface area contributed by atoms with Crippen LogP contribution >= 0.6 is 35.0 Å². The fourth-order valence-electron chi connectivity index (χ4n) is 2.23. The third-order valence-electron chi connectivity index (χ3n) is 3.50. The van der Waals surface area contributed by atoms with E-state index in [0.29, 0.717) is 27.0 Å². The lowest BCUT2D eigenvalue weighted by Crippen LogP contribution is -2.14. The molecule has 27 heavy (non-hydrogen) atoms. The number of halogens is 2. The van der Waals surface area contributed by atoms with Crippen molar-refractivity contribution < 1.29 is 4.79 Å². The van der Waals surface area contributed by atoms with Crippen molar-refractivity contribution in [2.24, 2.45) is 0 Å². The maximum atomic E-state index is 12.2. The molecule has 2 aromatic heterocycles. The zero-order valence-electron chi connectivity index (χ0n) is 13.8. The lowest BCUT2D eigenvalue weighted by Gasteiger charge is -2.09. The monoisotopic (exact) mass is 414 g/mol. The molecule has 0 atom stereocenters. The van der Waals surface area contributed by atoms with Crippen LogP contribution in [0, 0.1) is 11.3 Å².